The first-order valence-corrected chi connectivity index (χ1v) is 9.57. The summed E-state index contributed by atoms with van der Waals surface area (Å²) in [5.41, 5.74) is 0.757. The van der Waals surface area contributed by atoms with Crippen molar-refractivity contribution in [2.75, 3.05) is 13.1 Å². The van der Waals surface area contributed by atoms with Crippen LogP contribution in [0.25, 0.3) is 11.4 Å². The highest BCUT2D eigenvalue weighted by atomic mass is 16.5. The molecule has 1 atom stereocenters. The monoisotopic (exact) mass is 370 g/mol. The van der Waals surface area contributed by atoms with Crippen molar-refractivity contribution in [1.29, 1.82) is 0 Å². The Hall–Kier alpha value is -2.70. The normalized spacial score (nSPS) is 15.0. The van der Waals surface area contributed by atoms with E-state index in [1.807, 2.05) is 36.1 Å². The molecule has 1 aromatic heterocycles. The lowest BCUT2D eigenvalue weighted by Crippen LogP contribution is -2.28. The number of aromatic amines is 1. The maximum atomic E-state index is 12.3. The number of carbonyl (C=O) groups excluding carboxylic acids is 1. The quantitative estimate of drug-likeness (QED) is 0.809. The first-order chi connectivity index (χ1) is 13.1. The Kier molecular flexibility index (Phi) is 6.21. The average molecular weight is 370 g/mol. The maximum Gasteiger partial charge on any atom is 0.273 e. The second-order valence-electron chi connectivity index (χ2n) is 6.90. The Bertz CT molecular complexity index is 826. The highest BCUT2D eigenvalue weighted by molar-refractivity contribution is 5.76. The molecule has 1 fully saturated rings. The van der Waals surface area contributed by atoms with E-state index in [0.29, 0.717) is 24.4 Å². The van der Waals surface area contributed by atoms with Crippen molar-refractivity contribution in [3.63, 3.8) is 0 Å². The van der Waals surface area contributed by atoms with Crippen LogP contribution in [-0.4, -0.2) is 45.2 Å². The molecule has 0 aliphatic carbocycles. The van der Waals surface area contributed by atoms with E-state index < -0.39 is 0 Å². The summed E-state index contributed by atoms with van der Waals surface area (Å²) in [6.45, 7) is 5.72. The summed E-state index contributed by atoms with van der Waals surface area (Å²) < 4.78 is 5.75. The first kappa shape index (κ1) is 19.1. The van der Waals surface area contributed by atoms with Crippen LogP contribution in [0.3, 0.4) is 0 Å². The fourth-order valence-corrected chi connectivity index (χ4v) is 3.01. The molecular formula is C20H26N4O3. The number of ether oxygens (including phenoxy) is 1. The number of benzene rings is 1. The molecule has 0 bridgehead atoms. The Morgan fingerprint density at radius 2 is 1.93 bits per heavy atom. The fraction of sp³-hybridized carbons (Fsp3) is 0.500. The van der Waals surface area contributed by atoms with E-state index in [-0.39, 0.29) is 17.6 Å². The van der Waals surface area contributed by atoms with Crippen molar-refractivity contribution in [2.24, 2.45) is 0 Å². The summed E-state index contributed by atoms with van der Waals surface area (Å²) in [5.74, 6) is 1.26. The van der Waals surface area contributed by atoms with Gasteiger partial charge >= 0.3 is 0 Å². The molecule has 7 nitrogen and oxygen atoms in total. The number of aryl methyl sites for hydroxylation is 1. The van der Waals surface area contributed by atoms with E-state index in [1.165, 1.54) is 0 Å². The zero-order chi connectivity index (χ0) is 19.2. The number of nitrogens with one attached hydrogen (secondary N) is 1. The van der Waals surface area contributed by atoms with Crippen LogP contribution in [0.1, 0.15) is 45.2 Å². The molecule has 144 valence electrons. The van der Waals surface area contributed by atoms with Crippen molar-refractivity contribution in [3.8, 4) is 17.1 Å². The number of carbonyl (C=O) groups is 1. The predicted molar refractivity (Wildman–Crippen MR) is 103 cm³/mol. The van der Waals surface area contributed by atoms with Crippen molar-refractivity contribution in [3.05, 3.63) is 40.3 Å². The van der Waals surface area contributed by atoms with Crippen LogP contribution >= 0.6 is 0 Å². The lowest BCUT2D eigenvalue weighted by Gasteiger charge is -2.14. The topological polar surface area (TPSA) is 88.2 Å². The molecule has 2 heterocycles. The largest absolute Gasteiger partial charge is 0.491 e. The van der Waals surface area contributed by atoms with E-state index in [9.17, 15) is 9.59 Å². The second-order valence-corrected chi connectivity index (χ2v) is 6.90. The van der Waals surface area contributed by atoms with Crippen molar-refractivity contribution in [2.45, 2.75) is 52.1 Å². The zero-order valence-corrected chi connectivity index (χ0v) is 15.9. The molecule has 1 amide bonds. The molecule has 0 spiro atoms. The predicted octanol–water partition coefficient (Wildman–Crippen LogP) is 2.56. The van der Waals surface area contributed by atoms with Crippen molar-refractivity contribution in [1.82, 2.24) is 20.1 Å². The third-order valence-corrected chi connectivity index (χ3v) is 4.84. The highest BCUT2D eigenvalue weighted by Crippen LogP contribution is 2.19. The molecule has 1 aliphatic rings. The van der Waals surface area contributed by atoms with Crippen LogP contribution in [0.15, 0.2) is 29.1 Å². The van der Waals surface area contributed by atoms with Gasteiger partial charge in [0.1, 0.15) is 11.4 Å². The van der Waals surface area contributed by atoms with Gasteiger partial charge in [-0.15, -0.1) is 10.2 Å². The molecule has 1 saturated heterocycles. The Balaban J connectivity index is 1.63. The van der Waals surface area contributed by atoms with Crippen LogP contribution < -0.4 is 10.3 Å². The van der Waals surface area contributed by atoms with Gasteiger partial charge in [-0.1, -0.05) is 6.92 Å². The van der Waals surface area contributed by atoms with Gasteiger partial charge in [0.25, 0.3) is 5.56 Å². The third kappa shape index (κ3) is 4.93. The lowest BCUT2D eigenvalue weighted by molar-refractivity contribution is -0.130. The average Bonchev–Trinajstić information content (AvgIpc) is 3.22. The molecule has 27 heavy (non-hydrogen) atoms. The van der Waals surface area contributed by atoms with E-state index in [2.05, 4.69) is 22.1 Å². The number of rotatable bonds is 7. The molecule has 1 N–H and O–H groups in total. The van der Waals surface area contributed by atoms with Gasteiger partial charge < -0.3 is 14.6 Å². The summed E-state index contributed by atoms with van der Waals surface area (Å²) in [6, 6.07) is 7.39. The van der Waals surface area contributed by atoms with Crippen LogP contribution in [0.2, 0.25) is 0 Å². The smallest absolute Gasteiger partial charge is 0.273 e. The second kappa shape index (κ2) is 8.79. The third-order valence-electron chi connectivity index (χ3n) is 4.84. The van der Waals surface area contributed by atoms with Gasteiger partial charge in [0.15, 0.2) is 5.82 Å². The summed E-state index contributed by atoms with van der Waals surface area (Å²) in [4.78, 5) is 29.0. The number of amides is 1. The van der Waals surface area contributed by atoms with Crippen molar-refractivity contribution >= 4 is 5.91 Å². The number of H-pyrrole nitrogens is 1. The number of aromatic nitrogens is 3. The van der Waals surface area contributed by atoms with Gasteiger partial charge in [-0.25, -0.2) is 0 Å². The lowest BCUT2D eigenvalue weighted by atomic mass is 10.2. The molecule has 0 radical (unpaired) electrons. The minimum Gasteiger partial charge on any atom is -0.491 e. The highest BCUT2D eigenvalue weighted by Gasteiger charge is 2.18. The van der Waals surface area contributed by atoms with E-state index in [4.69, 9.17) is 4.74 Å². The number of hydrogen-bond acceptors (Lipinski definition) is 5. The zero-order valence-electron chi connectivity index (χ0n) is 15.9. The first-order valence-electron chi connectivity index (χ1n) is 9.57. The minimum absolute atomic E-state index is 0.0784. The van der Waals surface area contributed by atoms with Gasteiger partial charge in [0.05, 0.1) is 6.10 Å². The molecule has 2 aromatic rings. The summed E-state index contributed by atoms with van der Waals surface area (Å²) >= 11 is 0. The fourth-order valence-electron chi connectivity index (χ4n) is 3.01. The molecule has 1 unspecified atom stereocenters. The molecule has 1 aliphatic heterocycles. The Labute approximate surface area is 158 Å². The number of nitrogens with zero attached hydrogens (tertiary/aromatic N) is 3. The standard InChI is InChI=1S/C20H26N4O3/c1-3-14(2)27-16-8-6-15(7-9-16)19-21-20(26)17(22-23-19)10-11-18(25)24-12-4-5-13-24/h6-9,14H,3-5,10-13H2,1-2H3,(H,21,23,26). The molecule has 7 heteroatoms. The van der Waals surface area contributed by atoms with E-state index in [1.54, 1.807) is 0 Å². The van der Waals surface area contributed by atoms with Gasteiger partial charge in [-0.05, 0) is 50.5 Å². The van der Waals surface area contributed by atoms with Crippen LogP contribution in [0, 0.1) is 0 Å². The van der Waals surface area contributed by atoms with E-state index in [0.717, 1.165) is 43.7 Å². The Morgan fingerprint density at radius 3 is 2.56 bits per heavy atom. The van der Waals surface area contributed by atoms with Crippen LogP contribution in [0.5, 0.6) is 5.75 Å². The Morgan fingerprint density at radius 1 is 1.22 bits per heavy atom. The molecule has 3 rings (SSSR count). The molecule has 0 saturated carbocycles. The van der Waals surface area contributed by atoms with Crippen LogP contribution in [-0.2, 0) is 11.2 Å². The van der Waals surface area contributed by atoms with Crippen LogP contribution in [0.4, 0.5) is 0 Å². The van der Waals surface area contributed by atoms with Gasteiger partial charge in [0, 0.05) is 31.5 Å². The summed E-state index contributed by atoms with van der Waals surface area (Å²) in [7, 11) is 0. The van der Waals surface area contributed by atoms with Gasteiger partial charge in [-0.2, -0.15) is 0 Å². The van der Waals surface area contributed by atoms with E-state index >= 15 is 0 Å². The molecular weight excluding hydrogens is 344 g/mol. The number of likely N-dealkylation sites (tertiary alicyclic amines) is 1. The number of hydrogen-bond donors (Lipinski definition) is 1. The molecule has 1 aromatic carbocycles. The summed E-state index contributed by atoms with van der Waals surface area (Å²) in [6.07, 6.45) is 3.79. The maximum absolute atomic E-state index is 12.3. The minimum atomic E-state index is -0.297. The SMILES string of the molecule is CCC(C)Oc1ccc(-c2nnc(CCC(=O)N3CCCC3)c(=O)[nH]2)cc1. The van der Waals surface area contributed by atoms with Gasteiger partial charge in [0.2, 0.25) is 5.91 Å². The van der Waals surface area contributed by atoms with Crippen molar-refractivity contribution < 1.29 is 9.53 Å². The summed E-state index contributed by atoms with van der Waals surface area (Å²) in [5, 5.41) is 8.16. The van der Waals surface area contributed by atoms with Gasteiger partial charge in [-0.3, -0.25) is 9.59 Å².